The van der Waals surface area contributed by atoms with Crippen LogP contribution in [0.25, 0.3) is 11.4 Å². The quantitative estimate of drug-likeness (QED) is 0.606. The van der Waals surface area contributed by atoms with E-state index >= 15 is 0 Å². The summed E-state index contributed by atoms with van der Waals surface area (Å²) in [4.78, 5) is 23.8. The van der Waals surface area contributed by atoms with Crippen molar-refractivity contribution in [2.24, 2.45) is 5.41 Å². The van der Waals surface area contributed by atoms with Gasteiger partial charge in [-0.1, -0.05) is 25.9 Å². The molecule has 32 heavy (non-hydrogen) atoms. The van der Waals surface area contributed by atoms with Gasteiger partial charge in [0.05, 0.1) is 13.2 Å². The van der Waals surface area contributed by atoms with E-state index in [0.717, 1.165) is 31.5 Å². The largest absolute Gasteiger partial charge is 0.497 e. The van der Waals surface area contributed by atoms with E-state index in [1.807, 2.05) is 6.07 Å². The van der Waals surface area contributed by atoms with Gasteiger partial charge in [0.2, 0.25) is 11.7 Å². The van der Waals surface area contributed by atoms with Crippen molar-refractivity contribution in [2.45, 2.75) is 39.7 Å². The number of likely N-dealkylation sites (tertiary alicyclic amines) is 1. The minimum Gasteiger partial charge on any atom is -0.497 e. The van der Waals surface area contributed by atoms with Gasteiger partial charge >= 0.3 is 0 Å². The van der Waals surface area contributed by atoms with Crippen LogP contribution in [-0.4, -0.2) is 46.1 Å². The van der Waals surface area contributed by atoms with Gasteiger partial charge in [0.15, 0.2) is 0 Å². The minimum absolute atomic E-state index is 0.159. The number of pyridine rings is 1. The van der Waals surface area contributed by atoms with Crippen molar-refractivity contribution in [3.8, 4) is 17.1 Å². The summed E-state index contributed by atoms with van der Waals surface area (Å²) in [5.41, 5.74) is 1.47. The molecule has 1 aromatic carbocycles. The van der Waals surface area contributed by atoms with Crippen LogP contribution in [0.15, 0.2) is 47.1 Å². The van der Waals surface area contributed by atoms with E-state index in [1.54, 1.807) is 43.6 Å². The number of nitrogens with zero attached hydrogens (tertiary/aromatic N) is 4. The molecular formula is C24H29N5O3. The normalized spacial score (nSPS) is 16.8. The minimum atomic E-state index is -0.241. The number of amides is 1. The van der Waals surface area contributed by atoms with Crippen LogP contribution in [0.2, 0.25) is 0 Å². The van der Waals surface area contributed by atoms with E-state index < -0.39 is 0 Å². The third kappa shape index (κ3) is 5.13. The number of carbonyl (C=O) groups is 1. The molecule has 8 nitrogen and oxygen atoms in total. The molecule has 168 valence electrons. The Kier molecular flexibility index (Phi) is 6.23. The van der Waals surface area contributed by atoms with Crippen molar-refractivity contribution in [1.29, 1.82) is 0 Å². The first-order chi connectivity index (χ1) is 15.3. The smallest absolute Gasteiger partial charge is 0.256 e. The summed E-state index contributed by atoms with van der Waals surface area (Å²) in [7, 11) is 1.59. The highest BCUT2D eigenvalue weighted by molar-refractivity contribution is 6.03. The van der Waals surface area contributed by atoms with Crippen molar-refractivity contribution in [2.75, 3.05) is 25.5 Å². The predicted octanol–water partition coefficient (Wildman–Crippen LogP) is 4.58. The summed E-state index contributed by atoms with van der Waals surface area (Å²) in [5, 5.41) is 6.95. The Morgan fingerprint density at radius 2 is 2.00 bits per heavy atom. The first-order valence-electron chi connectivity index (χ1n) is 10.8. The number of aromatic nitrogens is 3. The monoisotopic (exact) mass is 435 g/mol. The molecule has 0 bridgehead atoms. The van der Waals surface area contributed by atoms with E-state index in [9.17, 15) is 4.79 Å². The zero-order valence-electron chi connectivity index (χ0n) is 19.0. The number of hydrogen-bond donors (Lipinski definition) is 1. The van der Waals surface area contributed by atoms with Crippen LogP contribution in [0, 0.1) is 5.41 Å². The Bertz CT molecular complexity index is 1050. The second-order valence-corrected chi connectivity index (χ2v) is 9.26. The number of anilines is 1. The molecule has 1 atom stereocenters. The SMILES string of the molecule is COc1ccc(C(=O)Nc2ccc(-c3noc([C@@H]4CCCN4CC(C)(C)C)n3)cn2)cc1. The fourth-order valence-electron chi connectivity index (χ4n) is 3.92. The maximum absolute atomic E-state index is 12.4. The highest BCUT2D eigenvalue weighted by atomic mass is 16.5. The molecule has 0 aliphatic carbocycles. The fraction of sp³-hybridized carbons (Fsp3) is 0.417. The second-order valence-electron chi connectivity index (χ2n) is 9.26. The molecule has 1 N–H and O–H groups in total. The molecule has 1 saturated heterocycles. The Labute approximate surface area is 188 Å². The topological polar surface area (TPSA) is 93.4 Å². The molecule has 1 aliphatic rings. The van der Waals surface area contributed by atoms with Gasteiger partial charge in [0.25, 0.3) is 5.91 Å². The molecule has 3 aromatic rings. The molecule has 3 heterocycles. The number of methoxy groups -OCH3 is 1. The maximum atomic E-state index is 12.4. The van der Waals surface area contributed by atoms with E-state index in [0.29, 0.717) is 28.8 Å². The number of nitrogens with one attached hydrogen (secondary N) is 1. The van der Waals surface area contributed by atoms with Gasteiger partial charge in [0, 0.05) is 23.9 Å². The van der Waals surface area contributed by atoms with Crippen molar-refractivity contribution in [3.63, 3.8) is 0 Å². The molecule has 0 radical (unpaired) electrons. The van der Waals surface area contributed by atoms with Crippen LogP contribution in [0.3, 0.4) is 0 Å². The van der Waals surface area contributed by atoms with Gasteiger partial charge in [-0.05, 0) is 61.2 Å². The first-order valence-corrected chi connectivity index (χ1v) is 10.8. The van der Waals surface area contributed by atoms with Crippen LogP contribution in [0.4, 0.5) is 5.82 Å². The molecule has 1 amide bonds. The highest BCUT2D eigenvalue weighted by Gasteiger charge is 2.33. The molecule has 8 heteroatoms. The Morgan fingerprint density at radius 1 is 1.22 bits per heavy atom. The lowest BCUT2D eigenvalue weighted by molar-refractivity contribution is 0.102. The summed E-state index contributed by atoms with van der Waals surface area (Å²) < 4.78 is 10.7. The second kappa shape index (κ2) is 9.08. The lowest BCUT2D eigenvalue weighted by atomic mass is 9.96. The number of ether oxygens (including phenoxy) is 1. The summed E-state index contributed by atoms with van der Waals surface area (Å²) in [6.45, 7) is 8.75. The van der Waals surface area contributed by atoms with Gasteiger partial charge < -0.3 is 14.6 Å². The zero-order valence-corrected chi connectivity index (χ0v) is 19.0. The van der Waals surface area contributed by atoms with Crippen LogP contribution in [0.5, 0.6) is 5.75 Å². The van der Waals surface area contributed by atoms with E-state index in [1.165, 1.54) is 0 Å². The van der Waals surface area contributed by atoms with Crippen LogP contribution in [-0.2, 0) is 0 Å². The molecule has 1 fully saturated rings. The van der Waals surface area contributed by atoms with E-state index in [2.05, 4.69) is 46.1 Å². The number of carbonyl (C=O) groups excluding carboxylic acids is 1. The van der Waals surface area contributed by atoms with Crippen LogP contribution >= 0.6 is 0 Å². The average molecular weight is 436 g/mol. The maximum Gasteiger partial charge on any atom is 0.256 e. The molecule has 0 saturated carbocycles. The van der Waals surface area contributed by atoms with Gasteiger partial charge in [-0.25, -0.2) is 4.98 Å². The summed E-state index contributed by atoms with van der Waals surface area (Å²) in [6, 6.07) is 10.6. The zero-order chi connectivity index (χ0) is 22.7. The Morgan fingerprint density at radius 3 is 2.66 bits per heavy atom. The highest BCUT2D eigenvalue weighted by Crippen LogP contribution is 2.34. The standard InChI is InChI=1S/C24H29N5O3/c1-24(2,3)15-29-13-5-6-19(29)23-27-21(28-32-23)17-9-12-20(25-14-17)26-22(30)16-7-10-18(31-4)11-8-16/h7-12,14,19H,5-6,13,15H2,1-4H3,(H,25,26,30)/t19-/m0/s1. The van der Waals surface area contributed by atoms with Crippen molar-refractivity contribution < 1.29 is 14.1 Å². The Balaban J connectivity index is 1.42. The van der Waals surface area contributed by atoms with Crippen molar-refractivity contribution in [3.05, 3.63) is 54.0 Å². The van der Waals surface area contributed by atoms with E-state index in [-0.39, 0.29) is 17.4 Å². The summed E-state index contributed by atoms with van der Waals surface area (Å²) in [5.74, 6) is 2.06. The lowest BCUT2D eigenvalue weighted by Gasteiger charge is -2.29. The Hall–Kier alpha value is -3.26. The molecular weight excluding hydrogens is 406 g/mol. The van der Waals surface area contributed by atoms with E-state index in [4.69, 9.17) is 9.26 Å². The van der Waals surface area contributed by atoms with Crippen molar-refractivity contribution in [1.82, 2.24) is 20.0 Å². The van der Waals surface area contributed by atoms with Gasteiger partial charge in [0.1, 0.15) is 11.6 Å². The van der Waals surface area contributed by atoms with Gasteiger partial charge in [-0.15, -0.1) is 0 Å². The summed E-state index contributed by atoms with van der Waals surface area (Å²) in [6.07, 6.45) is 3.79. The van der Waals surface area contributed by atoms with Crippen molar-refractivity contribution >= 4 is 11.7 Å². The molecule has 0 unspecified atom stereocenters. The number of hydrogen-bond acceptors (Lipinski definition) is 7. The third-order valence-electron chi connectivity index (χ3n) is 5.38. The average Bonchev–Trinajstić information content (AvgIpc) is 3.42. The summed E-state index contributed by atoms with van der Waals surface area (Å²) >= 11 is 0. The lowest BCUT2D eigenvalue weighted by Crippen LogP contribution is -2.32. The van der Waals surface area contributed by atoms with Gasteiger partial charge in [-0.3, -0.25) is 9.69 Å². The first kappa shape index (κ1) is 22.0. The molecule has 1 aliphatic heterocycles. The van der Waals surface area contributed by atoms with Gasteiger partial charge in [-0.2, -0.15) is 4.98 Å². The molecule has 4 rings (SSSR count). The fourth-order valence-corrected chi connectivity index (χ4v) is 3.92. The molecule has 0 spiro atoms. The van der Waals surface area contributed by atoms with Crippen LogP contribution in [0.1, 0.15) is 55.9 Å². The number of rotatable bonds is 6. The number of benzene rings is 1. The molecule has 2 aromatic heterocycles. The third-order valence-corrected chi connectivity index (χ3v) is 5.38. The predicted molar refractivity (Wildman–Crippen MR) is 121 cm³/mol. The van der Waals surface area contributed by atoms with Crippen LogP contribution < -0.4 is 10.1 Å².